The van der Waals surface area contributed by atoms with Crippen molar-refractivity contribution >= 4 is 11.7 Å². The number of hydrogen-bond acceptors (Lipinski definition) is 6. The second-order valence-electron chi connectivity index (χ2n) is 7.35. The number of nitrogen functional groups attached to an aromatic ring is 1. The molecule has 4 rings (SSSR count). The Morgan fingerprint density at radius 1 is 1.44 bits per heavy atom. The van der Waals surface area contributed by atoms with Crippen molar-refractivity contribution in [3.8, 4) is 0 Å². The van der Waals surface area contributed by atoms with E-state index in [2.05, 4.69) is 15.3 Å². The Balaban J connectivity index is 1.46. The zero-order chi connectivity index (χ0) is 17.4. The van der Waals surface area contributed by atoms with Crippen molar-refractivity contribution in [3.05, 3.63) is 17.6 Å². The Morgan fingerprint density at radius 3 is 2.84 bits per heavy atom. The van der Waals surface area contributed by atoms with Crippen molar-refractivity contribution in [2.45, 2.75) is 57.1 Å². The molecule has 2 saturated carbocycles. The fourth-order valence-corrected chi connectivity index (χ4v) is 4.17. The molecule has 2 atom stereocenters. The average Bonchev–Trinajstić information content (AvgIpc) is 3.46. The van der Waals surface area contributed by atoms with E-state index in [4.69, 9.17) is 15.2 Å². The van der Waals surface area contributed by atoms with Gasteiger partial charge in [0.2, 0.25) is 0 Å². The minimum atomic E-state index is -0.189. The van der Waals surface area contributed by atoms with Crippen LogP contribution in [0.3, 0.4) is 0 Å². The van der Waals surface area contributed by atoms with E-state index < -0.39 is 0 Å². The molecule has 7 nitrogen and oxygen atoms in total. The van der Waals surface area contributed by atoms with E-state index in [1.54, 1.807) is 6.20 Å². The van der Waals surface area contributed by atoms with E-state index >= 15 is 0 Å². The minimum Gasteiger partial charge on any atom is -0.383 e. The summed E-state index contributed by atoms with van der Waals surface area (Å²) in [5, 5.41) is 3.15. The number of amides is 1. The molecule has 0 radical (unpaired) electrons. The summed E-state index contributed by atoms with van der Waals surface area (Å²) < 4.78 is 11.4. The van der Waals surface area contributed by atoms with Crippen LogP contribution < -0.4 is 11.1 Å². The summed E-state index contributed by atoms with van der Waals surface area (Å²) in [7, 11) is 0. The van der Waals surface area contributed by atoms with Gasteiger partial charge in [-0.05, 0) is 39.0 Å². The van der Waals surface area contributed by atoms with Gasteiger partial charge in [-0.3, -0.25) is 4.79 Å². The number of nitrogens with one attached hydrogen (secondary N) is 1. The lowest BCUT2D eigenvalue weighted by Gasteiger charge is -2.57. The van der Waals surface area contributed by atoms with Crippen LogP contribution in [-0.4, -0.2) is 47.8 Å². The first-order chi connectivity index (χ1) is 12.1. The van der Waals surface area contributed by atoms with Gasteiger partial charge < -0.3 is 20.5 Å². The van der Waals surface area contributed by atoms with Crippen LogP contribution in [0.1, 0.15) is 61.1 Å². The molecule has 7 heteroatoms. The van der Waals surface area contributed by atoms with Crippen LogP contribution in [0.15, 0.2) is 6.20 Å². The van der Waals surface area contributed by atoms with Crippen LogP contribution in [0.4, 0.5) is 5.82 Å². The third kappa shape index (κ3) is 3.00. The molecule has 1 aromatic rings. The van der Waals surface area contributed by atoms with Gasteiger partial charge in [-0.25, -0.2) is 9.97 Å². The number of carbonyl (C=O) groups is 1. The van der Waals surface area contributed by atoms with Crippen LogP contribution in [0, 0.1) is 5.41 Å². The number of ether oxygens (including phenoxy) is 2. The summed E-state index contributed by atoms with van der Waals surface area (Å²) in [6.07, 6.45) is 6.64. The molecular weight excluding hydrogens is 320 g/mol. The van der Waals surface area contributed by atoms with E-state index in [0.29, 0.717) is 18.1 Å². The number of anilines is 1. The van der Waals surface area contributed by atoms with Gasteiger partial charge in [-0.15, -0.1) is 0 Å². The van der Waals surface area contributed by atoms with Gasteiger partial charge in [0, 0.05) is 43.4 Å². The Bertz CT molecular complexity index is 656. The summed E-state index contributed by atoms with van der Waals surface area (Å²) in [6.45, 7) is 4.14. The maximum Gasteiger partial charge on any atom is 0.256 e. The first-order valence-electron chi connectivity index (χ1n) is 9.26. The molecule has 1 aliphatic heterocycles. The fraction of sp³-hybridized carbons (Fsp3) is 0.722. The van der Waals surface area contributed by atoms with Crippen molar-refractivity contribution in [2.75, 3.05) is 25.6 Å². The minimum absolute atomic E-state index is 0.0203. The average molecular weight is 346 g/mol. The highest BCUT2D eigenvalue weighted by molar-refractivity contribution is 5.98. The Hall–Kier alpha value is -1.73. The van der Waals surface area contributed by atoms with E-state index in [-0.39, 0.29) is 29.3 Å². The fourth-order valence-electron chi connectivity index (χ4n) is 4.17. The highest BCUT2D eigenvalue weighted by atomic mass is 16.5. The van der Waals surface area contributed by atoms with Gasteiger partial charge >= 0.3 is 0 Å². The predicted molar refractivity (Wildman–Crippen MR) is 92.2 cm³/mol. The standard InChI is InChI=1S/C18H26N4O3/c1-2-25-14-9-13(18(14)5-7-24-8-6-18)21-17(23)12-10-20-16(11-3-4-11)22-15(12)19/h10-11,13-14H,2-9H2,1H3,(H,21,23)(H2,19,20,22)/t13-,14-/m1/s1. The number of nitrogens with zero attached hydrogens (tertiary/aromatic N) is 2. The molecular formula is C18H26N4O3. The third-order valence-corrected chi connectivity index (χ3v) is 5.91. The van der Waals surface area contributed by atoms with Crippen LogP contribution in [0.5, 0.6) is 0 Å². The molecule has 3 fully saturated rings. The highest BCUT2D eigenvalue weighted by Crippen LogP contribution is 2.50. The number of carbonyl (C=O) groups excluding carboxylic acids is 1. The highest BCUT2D eigenvalue weighted by Gasteiger charge is 2.56. The van der Waals surface area contributed by atoms with Gasteiger partial charge in [-0.1, -0.05) is 0 Å². The van der Waals surface area contributed by atoms with Gasteiger partial charge in [0.1, 0.15) is 11.6 Å². The van der Waals surface area contributed by atoms with Crippen LogP contribution >= 0.6 is 0 Å². The molecule has 3 N–H and O–H groups in total. The summed E-state index contributed by atoms with van der Waals surface area (Å²) in [5.41, 5.74) is 6.36. The number of hydrogen-bond donors (Lipinski definition) is 2. The Morgan fingerprint density at radius 2 is 2.20 bits per heavy atom. The molecule has 2 aliphatic carbocycles. The number of nitrogens with two attached hydrogens (primary N) is 1. The number of rotatable bonds is 5. The van der Waals surface area contributed by atoms with Crippen LogP contribution in [0.25, 0.3) is 0 Å². The molecule has 1 spiro atoms. The molecule has 3 aliphatic rings. The summed E-state index contributed by atoms with van der Waals surface area (Å²) >= 11 is 0. The zero-order valence-electron chi connectivity index (χ0n) is 14.7. The quantitative estimate of drug-likeness (QED) is 0.841. The lowest BCUT2D eigenvalue weighted by atomic mass is 9.57. The maximum absolute atomic E-state index is 12.7. The second-order valence-corrected chi connectivity index (χ2v) is 7.35. The number of aromatic nitrogens is 2. The van der Waals surface area contributed by atoms with E-state index in [0.717, 1.165) is 51.1 Å². The maximum atomic E-state index is 12.7. The van der Waals surface area contributed by atoms with Crippen LogP contribution in [0.2, 0.25) is 0 Å². The first-order valence-corrected chi connectivity index (χ1v) is 9.26. The smallest absolute Gasteiger partial charge is 0.256 e. The molecule has 0 bridgehead atoms. The Labute approximate surface area is 147 Å². The van der Waals surface area contributed by atoms with E-state index in [1.807, 2.05) is 6.92 Å². The van der Waals surface area contributed by atoms with Gasteiger partial charge in [0.15, 0.2) is 0 Å². The van der Waals surface area contributed by atoms with Crippen molar-refractivity contribution in [1.82, 2.24) is 15.3 Å². The molecule has 25 heavy (non-hydrogen) atoms. The molecule has 136 valence electrons. The molecule has 2 heterocycles. The molecule has 1 aromatic heterocycles. The van der Waals surface area contributed by atoms with Crippen LogP contribution in [-0.2, 0) is 9.47 Å². The predicted octanol–water partition coefficient (Wildman–Crippen LogP) is 1.64. The second kappa shape index (κ2) is 6.53. The monoisotopic (exact) mass is 346 g/mol. The van der Waals surface area contributed by atoms with Crippen molar-refractivity contribution < 1.29 is 14.3 Å². The zero-order valence-corrected chi connectivity index (χ0v) is 14.7. The summed E-state index contributed by atoms with van der Waals surface area (Å²) in [5.74, 6) is 1.26. The van der Waals surface area contributed by atoms with Gasteiger partial charge in [0.25, 0.3) is 5.91 Å². The third-order valence-electron chi connectivity index (χ3n) is 5.91. The van der Waals surface area contributed by atoms with Crippen molar-refractivity contribution in [2.24, 2.45) is 5.41 Å². The summed E-state index contributed by atoms with van der Waals surface area (Å²) in [4.78, 5) is 21.4. The molecule has 0 aromatic carbocycles. The molecule has 1 saturated heterocycles. The SMILES string of the molecule is CCO[C@@H]1C[C@@H](NC(=O)c2cnc(C3CC3)nc2N)C12CCOCC2. The van der Waals surface area contributed by atoms with Crippen molar-refractivity contribution in [3.63, 3.8) is 0 Å². The van der Waals surface area contributed by atoms with Gasteiger partial charge in [-0.2, -0.15) is 0 Å². The molecule has 0 unspecified atom stereocenters. The Kier molecular flexibility index (Phi) is 4.37. The van der Waals surface area contributed by atoms with Gasteiger partial charge in [0.05, 0.1) is 11.7 Å². The summed E-state index contributed by atoms with van der Waals surface area (Å²) in [6, 6.07) is 0.0861. The topological polar surface area (TPSA) is 99.4 Å². The normalized spacial score (nSPS) is 27.7. The largest absolute Gasteiger partial charge is 0.383 e. The van der Waals surface area contributed by atoms with E-state index in [9.17, 15) is 4.79 Å². The lowest BCUT2D eigenvalue weighted by molar-refractivity contribution is -0.170. The molecule has 1 amide bonds. The lowest BCUT2D eigenvalue weighted by Crippen LogP contribution is -2.66. The van der Waals surface area contributed by atoms with Crippen molar-refractivity contribution in [1.29, 1.82) is 0 Å². The van der Waals surface area contributed by atoms with E-state index in [1.165, 1.54) is 0 Å². The first kappa shape index (κ1) is 16.7.